The Morgan fingerprint density at radius 1 is 1.00 bits per heavy atom. The molecular formula is C26H24ClN5O2. The highest BCUT2D eigenvalue weighted by atomic mass is 35.5. The lowest BCUT2D eigenvalue weighted by Crippen LogP contribution is -2.28. The predicted molar refractivity (Wildman–Crippen MR) is 134 cm³/mol. The van der Waals surface area contributed by atoms with Crippen molar-refractivity contribution in [2.75, 3.05) is 5.32 Å². The zero-order valence-electron chi connectivity index (χ0n) is 18.5. The quantitative estimate of drug-likeness (QED) is 0.348. The van der Waals surface area contributed by atoms with Gasteiger partial charge in [0.2, 0.25) is 5.91 Å². The summed E-state index contributed by atoms with van der Waals surface area (Å²) in [5, 5.41) is 10.9. The van der Waals surface area contributed by atoms with Gasteiger partial charge in [0.25, 0.3) is 0 Å². The van der Waals surface area contributed by atoms with Crippen molar-refractivity contribution in [1.82, 2.24) is 15.1 Å². The number of carbonyl (C=O) groups excluding carboxylic acids is 2. The van der Waals surface area contributed by atoms with Crippen molar-refractivity contribution in [1.29, 1.82) is 0 Å². The van der Waals surface area contributed by atoms with E-state index in [2.05, 4.69) is 10.6 Å². The molecule has 4 rings (SSSR count). The summed E-state index contributed by atoms with van der Waals surface area (Å²) in [5.41, 5.74) is 9.96. The molecule has 0 aliphatic rings. The van der Waals surface area contributed by atoms with Crippen molar-refractivity contribution >= 4 is 29.2 Å². The molecule has 7 nitrogen and oxygen atoms in total. The van der Waals surface area contributed by atoms with Crippen LogP contribution in [0.4, 0.5) is 10.5 Å². The third-order valence-corrected chi connectivity index (χ3v) is 5.59. The van der Waals surface area contributed by atoms with Gasteiger partial charge in [0.05, 0.1) is 23.8 Å². The zero-order valence-corrected chi connectivity index (χ0v) is 19.3. The Hall–Kier alpha value is -4.10. The standard InChI is InChI=1S/C26H24ClN5O2/c1-17(18-9-13-22(14-10-18)30-26(28)34)29-24(33)15-20-16-32(23-5-3-2-4-6-23)31-25(20)19-7-11-21(27)12-8-19/h2-14,16-17H,15H2,1H3,(H,29,33)(H3,28,30,34). The Labute approximate surface area is 202 Å². The maximum atomic E-state index is 12.9. The SMILES string of the molecule is CC(NC(=O)Cc1cn(-c2ccccc2)nc1-c1ccc(Cl)cc1)c1ccc(NC(N)=O)cc1. The van der Waals surface area contributed by atoms with Gasteiger partial charge in [-0.25, -0.2) is 9.48 Å². The van der Waals surface area contributed by atoms with Gasteiger partial charge in [-0.3, -0.25) is 4.79 Å². The van der Waals surface area contributed by atoms with E-state index in [4.69, 9.17) is 22.4 Å². The van der Waals surface area contributed by atoms with Gasteiger partial charge in [0.15, 0.2) is 0 Å². The number of benzene rings is 3. The van der Waals surface area contributed by atoms with Gasteiger partial charge in [-0.15, -0.1) is 0 Å². The number of nitrogens with two attached hydrogens (primary N) is 1. The molecule has 4 aromatic rings. The van der Waals surface area contributed by atoms with Crippen molar-refractivity contribution < 1.29 is 9.59 Å². The second-order valence-electron chi connectivity index (χ2n) is 7.87. The Bertz CT molecular complexity index is 1290. The van der Waals surface area contributed by atoms with Gasteiger partial charge in [-0.1, -0.05) is 54.1 Å². The maximum absolute atomic E-state index is 12.9. The summed E-state index contributed by atoms with van der Waals surface area (Å²) >= 11 is 6.06. The molecule has 0 spiro atoms. The summed E-state index contributed by atoms with van der Waals surface area (Å²) in [6.45, 7) is 1.90. The van der Waals surface area contributed by atoms with Gasteiger partial charge >= 0.3 is 6.03 Å². The Morgan fingerprint density at radius 2 is 1.68 bits per heavy atom. The van der Waals surface area contributed by atoms with Crippen LogP contribution >= 0.6 is 11.6 Å². The molecule has 1 heterocycles. The van der Waals surface area contributed by atoms with Crippen LogP contribution in [0.2, 0.25) is 5.02 Å². The van der Waals surface area contributed by atoms with Crippen molar-refractivity contribution in [3.05, 3.63) is 101 Å². The molecule has 0 aliphatic heterocycles. The monoisotopic (exact) mass is 473 g/mol. The third kappa shape index (κ3) is 5.63. The van der Waals surface area contributed by atoms with Crippen LogP contribution in [0.1, 0.15) is 24.1 Å². The van der Waals surface area contributed by atoms with E-state index < -0.39 is 6.03 Å². The number of carbonyl (C=O) groups is 2. The number of rotatable bonds is 7. The highest BCUT2D eigenvalue weighted by Gasteiger charge is 2.17. The third-order valence-electron chi connectivity index (χ3n) is 5.34. The van der Waals surface area contributed by atoms with E-state index in [-0.39, 0.29) is 18.4 Å². The number of hydrogen-bond acceptors (Lipinski definition) is 3. The van der Waals surface area contributed by atoms with Crippen LogP contribution in [0, 0.1) is 0 Å². The van der Waals surface area contributed by atoms with E-state index in [1.54, 1.807) is 28.9 Å². The topological polar surface area (TPSA) is 102 Å². The zero-order chi connectivity index (χ0) is 24.1. The number of amides is 3. The second-order valence-corrected chi connectivity index (χ2v) is 8.30. The van der Waals surface area contributed by atoms with Crippen LogP contribution < -0.4 is 16.4 Å². The number of aromatic nitrogens is 2. The van der Waals surface area contributed by atoms with Crippen LogP contribution in [-0.2, 0) is 11.2 Å². The molecule has 8 heteroatoms. The fraction of sp³-hybridized carbons (Fsp3) is 0.115. The van der Waals surface area contributed by atoms with E-state index >= 15 is 0 Å². The lowest BCUT2D eigenvalue weighted by Gasteiger charge is -2.15. The first-order valence-corrected chi connectivity index (χ1v) is 11.1. The Kier molecular flexibility index (Phi) is 6.94. The van der Waals surface area contributed by atoms with E-state index in [0.29, 0.717) is 10.7 Å². The summed E-state index contributed by atoms with van der Waals surface area (Å²) in [6.07, 6.45) is 2.05. The lowest BCUT2D eigenvalue weighted by molar-refractivity contribution is -0.121. The van der Waals surface area contributed by atoms with Crippen molar-refractivity contribution in [3.63, 3.8) is 0 Å². The Balaban J connectivity index is 1.53. The molecule has 1 atom stereocenters. The number of nitrogens with one attached hydrogen (secondary N) is 2. The largest absolute Gasteiger partial charge is 0.351 e. The normalized spacial score (nSPS) is 11.6. The molecule has 1 aromatic heterocycles. The molecule has 3 aromatic carbocycles. The van der Waals surface area contributed by atoms with Gasteiger partial charge in [0.1, 0.15) is 0 Å². The van der Waals surface area contributed by atoms with Crippen molar-refractivity contribution in [2.45, 2.75) is 19.4 Å². The fourth-order valence-corrected chi connectivity index (χ4v) is 3.78. The summed E-state index contributed by atoms with van der Waals surface area (Å²) < 4.78 is 1.78. The molecule has 0 bridgehead atoms. The molecule has 0 radical (unpaired) electrons. The van der Waals surface area contributed by atoms with Crippen LogP contribution in [0.15, 0.2) is 85.1 Å². The molecule has 0 aliphatic carbocycles. The second kappa shape index (κ2) is 10.2. The molecule has 0 saturated heterocycles. The van der Waals surface area contributed by atoms with Crippen LogP contribution in [-0.4, -0.2) is 21.7 Å². The Morgan fingerprint density at radius 3 is 2.32 bits per heavy atom. The van der Waals surface area contributed by atoms with Gasteiger partial charge < -0.3 is 16.4 Å². The first kappa shape index (κ1) is 23.1. The molecule has 3 amide bonds. The number of para-hydroxylation sites is 1. The molecule has 34 heavy (non-hydrogen) atoms. The van der Waals surface area contributed by atoms with Gasteiger partial charge in [-0.05, 0) is 48.9 Å². The highest BCUT2D eigenvalue weighted by Crippen LogP contribution is 2.26. The van der Waals surface area contributed by atoms with Crippen molar-refractivity contribution in [2.24, 2.45) is 5.73 Å². The number of urea groups is 1. The van der Waals surface area contributed by atoms with E-state index in [9.17, 15) is 9.59 Å². The van der Waals surface area contributed by atoms with Crippen LogP contribution in [0.25, 0.3) is 16.9 Å². The number of anilines is 1. The van der Waals surface area contributed by atoms with E-state index in [1.807, 2.05) is 67.7 Å². The van der Waals surface area contributed by atoms with Crippen LogP contribution in [0.3, 0.4) is 0 Å². The van der Waals surface area contributed by atoms with Crippen LogP contribution in [0.5, 0.6) is 0 Å². The summed E-state index contributed by atoms with van der Waals surface area (Å²) in [5.74, 6) is -0.130. The fourth-order valence-electron chi connectivity index (χ4n) is 3.65. The molecule has 0 saturated carbocycles. The first-order chi connectivity index (χ1) is 16.4. The smallest absolute Gasteiger partial charge is 0.316 e. The molecule has 172 valence electrons. The predicted octanol–water partition coefficient (Wildman–Crippen LogP) is 5.10. The number of halogens is 1. The van der Waals surface area contributed by atoms with E-state index in [1.165, 1.54) is 0 Å². The maximum Gasteiger partial charge on any atom is 0.316 e. The molecule has 0 fully saturated rings. The first-order valence-electron chi connectivity index (χ1n) is 10.7. The summed E-state index contributed by atoms with van der Waals surface area (Å²) in [4.78, 5) is 23.9. The summed E-state index contributed by atoms with van der Waals surface area (Å²) in [7, 11) is 0. The minimum Gasteiger partial charge on any atom is -0.351 e. The number of primary amides is 1. The highest BCUT2D eigenvalue weighted by molar-refractivity contribution is 6.30. The molecule has 4 N–H and O–H groups in total. The summed E-state index contributed by atoms with van der Waals surface area (Å²) in [6, 6.07) is 23.5. The van der Waals surface area contributed by atoms with Crippen molar-refractivity contribution in [3.8, 4) is 16.9 Å². The average molecular weight is 474 g/mol. The van der Waals surface area contributed by atoms with E-state index in [0.717, 1.165) is 28.1 Å². The molecular weight excluding hydrogens is 450 g/mol. The lowest BCUT2D eigenvalue weighted by atomic mass is 10.0. The number of nitrogens with zero attached hydrogens (tertiary/aromatic N) is 2. The molecule has 1 unspecified atom stereocenters. The minimum atomic E-state index is -0.623. The average Bonchev–Trinajstić information content (AvgIpc) is 3.23. The van der Waals surface area contributed by atoms with Gasteiger partial charge in [0, 0.05) is 28.0 Å². The number of hydrogen-bond donors (Lipinski definition) is 3. The van der Waals surface area contributed by atoms with Gasteiger partial charge in [-0.2, -0.15) is 5.10 Å². The minimum absolute atomic E-state index is 0.130.